The van der Waals surface area contributed by atoms with Crippen molar-refractivity contribution in [1.82, 2.24) is 4.90 Å². The summed E-state index contributed by atoms with van der Waals surface area (Å²) in [7, 11) is 5.35. The summed E-state index contributed by atoms with van der Waals surface area (Å²) in [6, 6.07) is 26.5. The molecule has 5 rings (SSSR count). The van der Waals surface area contributed by atoms with Crippen molar-refractivity contribution < 1.29 is 33.3 Å². The van der Waals surface area contributed by atoms with E-state index in [-0.39, 0.29) is 18.0 Å². The Labute approximate surface area is 276 Å². The van der Waals surface area contributed by atoms with Crippen molar-refractivity contribution in [3.05, 3.63) is 90.5 Å². The van der Waals surface area contributed by atoms with Gasteiger partial charge in [-0.05, 0) is 85.6 Å². The van der Waals surface area contributed by atoms with Gasteiger partial charge in [-0.1, -0.05) is 24.3 Å². The molecule has 1 aliphatic heterocycles. The van der Waals surface area contributed by atoms with E-state index in [4.69, 9.17) is 23.7 Å². The van der Waals surface area contributed by atoms with Crippen molar-refractivity contribution in [2.24, 2.45) is 0 Å². The molecule has 1 fully saturated rings. The number of esters is 1. The first-order valence-electron chi connectivity index (χ1n) is 15.8. The maximum Gasteiger partial charge on any atom is 0.302 e. The molecule has 0 saturated carbocycles. The highest BCUT2D eigenvalue weighted by Crippen LogP contribution is 2.36. The standard InChI is InChI=1S/C38H42N2O7/c1-26(41)45-21-6-22-46-37-25-33(47-31-17-19-40(2)20-18-31)14-15-34(37)27-9-12-30(13-10-27)39-38(42)29-11-16-36(44-4)35(24-29)28-7-5-8-32(23-28)43-3/h5,7-16,23-25,31H,6,17-22H2,1-4H3,(H,39,42). The molecule has 1 saturated heterocycles. The van der Waals surface area contributed by atoms with Crippen molar-refractivity contribution in [2.45, 2.75) is 32.3 Å². The highest BCUT2D eigenvalue weighted by Gasteiger charge is 2.19. The Kier molecular flexibility index (Phi) is 11.4. The van der Waals surface area contributed by atoms with Crippen LogP contribution in [0.5, 0.6) is 23.0 Å². The Morgan fingerprint density at radius 1 is 0.787 bits per heavy atom. The first-order chi connectivity index (χ1) is 22.8. The van der Waals surface area contributed by atoms with Gasteiger partial charge in [0.25, 0.3) is 5.91 Å². The molecule has 0 spiro atoms. The highest BCUT2D eigenvalue weighted by molar-refractivity contribution is 6.05. The molecule has 0 atom stereocenters. The monoisotopic (exact) mass is 638 g/mol. The lowest BCUT2D eigenvalue weighted by atomic mass is 10.0. The molecule has 4 aromatic rings. The molecule has 1 N–H and O–H groups in total. The van der Waals surface area contributed by atoms with Gasteiger partial charge in [0.2, 0.25) is 0 Å². The molecule has 9 heteroatoms. The first kappa shape index (κ1) is 33.3. The van der Waals surface area contributed by atoms with Crippen LogP contribution >= 0.6 is 0 Å². The van der Waals surface area contributed by atoms with E-state index >= 15 is 0 Å². The van der Waals surface area contributed by atoms with E-state index in [1.807, 2.05) is 72.8 Å². The molecule has 246 valence electrons. The number of rotatable bonds is 13. The van der Waals surface area contributed by atoms with Crippen LogP contribution in [0.4, 0.5) is 5.69 Å². The number of nitrogens with zero attached hydrogens (tertiary/aromatic N) is 1. The summed E-state index contributed by atoms with van der Waals surface area (Å²) in [6.45, 7) is 4.08. The second-order valence-electron chi connectivity index (χ2n) is 11.5. The normalized spacial score (nSPS) is 13.4. The van der Waals surface area contributed by atoms with E-state index in [2.05, 4.69) is 17.3 Å². The predicted molar refractivity (Wildman–Crippen MR) is 183 cm³/mol. The van der Waals surface area contributed by atoms with Crippen LogP contribution in [0.25, 0.3) is 22.3 Å². The third-order valence-electron chi connectivity index (χ3n) is 8.07. The fourth-order valence-electron chi connectivity index (χ4n) is 5.49. The minimum atomic E-state index is -0.310. The summed E-state index contributed by atoms with van der Waals surface area (Å²) >= 11 is 0. The predicted octanol–water partition coefficient (Wildman–Crippen LogP) is 7.10. The van der Waals surface area contributed by atoms with Gasteiger partial charge in [0.1, 0.15) is 29.1 Å². The fourth-order valence-corrected chi connectivity index (χ4v) is 5.49. The average molecular weight is 639 g/mol. The van der Waals surface area contributed by atoms with Crippen LogP contribution in [0.3, 0.4) is 0 Å². The topological polar surface area (TPSA) is 95.6 Å². The number of likely N-dealkylation sites (tertiary alicyclic amines) is 1. The number of carbonyl (C=O) groups excluding carboxylic acids is 2. The van der Waals surface area contributed by atoms with Gasteiger partial charge in [0.15, 0.2) is 0 Å². The van der Waals surface area contributed by atoms with Crippen molar-refractivity contribution in [1.29, 1.82) is 0 Å². The van der Waals surface area contributed by atoms with Gasteiger partial charge in [0.05, 0.1) is 27.4 Å². The zero-order valence-electron chi connectivity index (χ0n) is 27.4. The van der Waals surface area contributed by atoms with Crippen LogP contribution in [0.2, 0.25) is 0 Å². The molecule has 1 amide bonds. The average Bonchev–Trinajstić information content (AvgIpc) is 3.09. The van der Waals surface area contributed by atoms with Gasteiger partial charge in [-0.2, -0.15) is 0 Å². The first-order valence-corrected chi connectivity index (χ1v) is 15.8. The number of nitrogens with one attached hydrogen (secondary N) is 1. The molecule has 47 heavy (non-hydrogen) atoms. The van der Waals surface area contributed by atoms with Gasteiger partial charge < -0.3 is 33.9 Å². The summed E-state index contributed by atoms with van der Waals surface area (Å²) in [6.07, 6.45) is 2.68. The highest BCUT2D eigenvalue weighted by atomic mass is 16.5. The summed E-state index contributed by atoms with van der Waals surface area (Å²) in [5.74, 6) is 2.27. The van der Waals surface area contributed by atoms with E-state index in [9.17, 15) is 9.59 Å². The maximum atomic E-state index is 13.3. The molecular weight excluding hydrogens is 596 g/mol. The largest absolute Gasteiger partial charge is 0.497 e. The Morgan fingerprint density at radius 3 is 2.30 bits per heavy atom. The lowest BCUT2D eigenvalue weighted by molar-refractivity contribution is -0.141. The van der Waals surface area contributed by atoms with Gasteiger partial charge in [-0.3, -0.25) is 9.59 Å². The smallest absolute Gasteiger partial charge is 0.302 e. The van der Waals surface area contributed by atoms with Gasteiger partial charge in [0, 0.05) is 54.9 Å². The van der Waals surface area contributed by atoms with Crippen LogP contribution in [-0.4, -0.2) is 70.5 Å². The summed E-state index contributed by atoms with van der Waals surface area (Å²) in [5, 5.41) is 3.00. The molecule has 0 radical (unpaired) electrons. The van der Waals surface area contributed by atoms with Crippen molar-refractivity contribution in [3.8, 4) is 45.3 Å². The van der Waals surface area contributed by atoms with Crippen LogP contribution in [0, 0.1) is 0 Å². The molecule has 4 aromatic carbocycles. The van der Waals surface area contributed by atoms with E-state index in [0.717, 1.165) is 59.7 Å². The molecule has 0 bridgehead atoms. The van der Waals surface area contributed by atoms with Crippen LogP contribution in [0.1, 0.15) is 36.5 Å². The Bertz CT molecular complexity index is 1660. The number of ether oxygens (including phenoxy) is 5. The molecule has 0 unspecified atom stereocenters. The number of methoxy groups -OCH3 is 2. The van der Waals surface area contributed by atoms with Crippen molar-refractivity contribution in [3.63, 3.8) is 0 Å². The molecule has 0 aromatic heterocycles. The number of hydrogen-bond acceptors (Lipinski definition) is 8. The third-order valence-corrected chi connectivity index (χ3v) is 8.07. The van der Waals surface area contributed by atoms with Crippen LogP contribution < -0.4 is 24.3 Å². The molecule has 9 nitrogen and oxygen atoms in total. The van der Waals surface area contributed by atoms with E-state index in [1.165, 1.54) is 6.92 Å². The lowest BCUT2D eigenvalue weighted by Crippen LogP contribution is -2.35. The Morgan fingerprint density at radius 2 is 1.57 bits per heavy atom. The third kappa shape index (κ3) is 9.04. The van der Waals surface area contributed by atoms with E-state index in [0.29, 0.717) is 42.4 Å². The Balaban J connectivity index is 1.31. The number of anilines is 1. The molecular formula is C38H42N2O7. The SMILES string of the molecule is COc1cccc(-c2cc(C(=O)Nc3ccc(-c4ccc(OC5CCN(C)CC5)cc4OCCCOC(C)=O)cc3)ccc2OC)c1. The number of hydrogen-bond donors (Lipinski definition) is 1. The second-order valence-corrected chi connectivity index (χ2v) is 11.5. The molecule has 1 heterocycles. The summed E-state index contributed by atoms with van der Waals surface area (Å²) in [5.41, 5.74) is 4.64. The van der Waals surface area contributed by atoms with Gasteiger partial charge in [-0.25, -0.2) is 0 Å². The number of benzene rings is 4. The molecule has 0 aliphatic carbocycles. The second kappa shape index (κ2) is 16.0. The fraction of sp³-hybridized carbons (Fsp3) is 0.316. The van der Waals surface area contributed by atoms with Crippen molar-refractivity contribution >= 4 is 17.6 Å². The number of piperidine rings is 1. The quantitative estimate of drug-likeness (QED) is 0.123. The van der Waals surface area contributed by atoms with Gasteiger partial charge >= 0.3 is 5.97 Å². The zero-order chi connectivity index (χ0) is 33.2. The van der Waals surface area contributed by atoms with Gasteiger partial charge in [-0.15, -0.1) is 0 Å². The summed E-state index contributed by atoms with van der Waals surface area (Å²) in [4.78, 5) is 26.8. The number of carbonyl (C=O) groups is 2. The minimum Gasteiger partial charge on any atom is -0.497 e. The van der Waals surface area contributed by atoms with E-state index in [1.54, 1.807) is 26.4 Å². The van der Waals surface area contributed by atoms with Crippen LogP contribution in [0.15, 0.2) is 84.9 Å². The van der Waals surface area contributed by atoms with Crippen molar-refractivity contribution in [2.75, 3.05) is 52.9 Å². The molecule has 1 aliphatic rings. The van der Waals surface area contributed by atoms with E-state index < -0.39 is 0 Å². The maximum absolute atomic E-state index is 13.3. The van der Waals surface area contributed by atoms with Crippen LogP contribution in [-0.2, 0) is 9.53 Å². The lowest BCUT2D eigenvalue weighted by Gasteiger charge is -2.29. The summed E-state index contributed by atoms with van der Waals surface area (Å²) < 4.78 is 28.5. The Hall–Kier alpha value is -5.02. The zero-order valence-corrected chi connectivity index (χ0v) is 27.4. The number of amides is 1. The minimum absolute atomic E-state index is 0.161.